The average Bonchev–Trinajstić information content (AvgIpc) is 3.26. The number of carbonyl (C=O) groups is 1. The van der Waals surface area contributed by atoms with Crippen molar-refractivity contribution in [3.8, 4) is 0 Å². The van der Waals surface area contributed by atoms with Crippen LogP contribution in [0, 0.1) is 0 Å². The van der Waals surface area contributed by atoms with Crippen LogP contribution in [0.2, 0.25) is 5.02 Å². The van der Waals surface area contributed by atoms with Crippen molar-refractivity contribution in [2.24, 2.45) is 0 Å². The molecule has 0 radical (unpaired) electrons. The maximum Gasteiger partial charge on any atom is 0.322 e. The Morgan fingerprint density at radius 1 is 1.00 bits per heavy atom. The summed E-state index contributed by atoms with van der Waals surface area (Å²) in [5.74, 6) is 0.609. The van der Waals surface area contributed by atoms with Gasteiger partial charge in [0.25, 0.3) is 0 Å². The topological polar surface area (TPSA) is 46.5 Å². The largest absolute Gasteiger partial charge is 0.385 e. The molecule has 0 aliphatic heterocycles. The number of amides is 2. The van der Waals surface area contributed by atoms with E-state index in [2.05, 4.69) is 61.8 Å². The van der Waals surface area contributed by atoms with E-state index in [1.807, 2.05) is 41.4 Å². The summed E-state index contributed by atoms with van der Waals surface area (Å²) in [4.78, 5) is 15.5. The van der Waals surface area contributed by atoms with Crippen molar-refractivity contribution in [3.05, 3.63) is 88.2 Å². The summed E-state index contributed by atoms with van der Waals surface area (Å²) in [5, 5.41) is 4.02. The number of nitrogens with zero attached hydrogens (tertiary/aromatic N) is 2. The maximum absolute atomic E-state index is 13.7. The number of aromatic nitrogens is 1. The molecule has 0 saturated carbocycles. The lowest BCUT2D eigenvalue weighted by molar-refractivity contribution is 0.171. The zero-order valence-corrected chi connectivity index (χ0v) is 22.3. The van der Waals surface area contributed by atoms with E-state index < -0.39 is 0 Å². The number of hydrogen-bond donors (Lipinski definition) is 1. The Labute approximate surface area is 215 Å². The van der Waals surface area contributed by atoms with Crippen LogP contribution in [0.25, 0.3) is 0 Å². The van der Waals surface area contributed by atoms with Gasteiger partial charge in [-0.3, -0.25) is 0 Å². The molecule has 3 aromatic rings. The molecule has 1 aromatic heterocycles. The summed E-state index contributed by atoms with van der Waals surface area (Å²) in [6.45, 7) is 11.0. The zero-order valence-electron chi connectivity index (χ0n) is 21.6. The van der Waals surface area contributed by atoms with Crippen LogP contribution >= 0.6 is 11.6 Å². The zero-order chi connectivity index (χ0) is 25.4. The minimum absolute atomic E-state index is 0.0957. The quantitative estimate of drug-likeness (QED) is 0.280. The smallest absolute Gasteiger partial charge is 0.322 e. The van der Waals surface area contributed by atoms with Crippen LogP contribution in [0.15, 0.2) is 60.8 Å². The average molecular weight is 496 g/mol. The first-order valence-electron chi connectivity index (χ1n) is 12.4. The van der Waals surface area contributed by atoms with Gasteiger partial charge in [0.1, 0.15) is 0 Å². The summed E-state index contributed by atoms with van der Waals surface area (Å²) in [6.07, 6.45) is 2.80. The highest BCUT2D eigenvalue weighted by Gasteiger charge is 2.21. The van der Waals surface area contributed by atoms with Crippen LogP contribution in [-0.2, 0) is 17.8 Å². The van der Waals surface area contributed by atoms with E-state index in [1.54, 1.807) is 7.11 Å². The van der Waals surface area contributed by atoms with Crippen molar-refractivity contribution in [2.45, 2.75) is 59.0 Å². The van der Waals surface area contributed by atoms with Gasteiger partial charge in [0.15, 0.2) is 0 Å². The van der Waals surface area contributed by atoms with E-state index in [9.17, 15) is 4.79 Å². The summed E-state index contributed by atoms with van der Waals surface area (Å²) < 4.78 is 7.42. The standard InChI is InChI=1S/C29H38ClN3O2/c1-21(2)25-13-8-14-26(22(3)4)28(25)31-29(34)33(17-10-18-35-5)20-24-12-9-16-32(24)19-23-11-6-7-15-27(23)30/h6-9,11-16,21-22H,10,17-20H2,1-5H3,(H,31,34). The van der Waals surface area contributed by atoms with E-state index in [-0.39, 0.29) is 6.03 Å². The number of ether oxygens (including phenoxy) is 1. The van der Waals surface area contributed by atoms with Crippen LogP contribution in [0.3, 0.4) is 0 Å². The molecular weight excluding hydrogens is 458 g/mol. The third kappa shape index (κ3) is 7.12. The number of hydrogen-bond acceptors (Lipinski definition) is 2. The number of benzene rings is 2. The van der Waals surface area contributed by atoms with Crippen LogP contribution in [0.4, 0.5) is 10.5 Å². The third-order valence-corrected chi connectivity index (χ3v) is 6.61. The van der Waals surface area contributed by atoms with E-state index in [4.69, 9.17) is 16.3 Å². The van der Waals surface area contributed by atoms with E-state index in [1.165, 1.54) is 0 Å². The molecule has 5 nitrogen and oxygen atoms in total. The van der Waals surface area contributed by atoms with Gasteiger partial charge in [0, 0.05) is 49.4 Å². The molecule has 0 atom stereocenters. The van der Waals surface area contributed by atoms with Crippen molar-refractivity contribution in [3.63, 3.8) is 0 Å². The lowest BCUT2D eigenvalue weighted by Gasteiger charge is -2.27. The highest BCUT2D eigenvalue weighted by Crippen LogP contribution is 2.32. The summed E-state index contributed by atoms with van der Waals surface area (Å²) >= 11 is 6.40. The maximum atomic E-state index is 13.7. The Balaban J connectivity index is 1.86. The highest BCUT2D eigenvalue weighted by molar-refractivity contribution is 6.31. The van der Waals surface area contributed by atoms with Gasteiger partial charge in [-0.05, 0) is 53.1 Å². The van der Waals surface area contributed by atoms with Gasteiger partial charge < -0.3 is 19.5 Å². The van der Waals surface area contributed by atoms with Gasteiger partial charge in [-0.2, -0.15) is 0 Å². The molecule has 2 amide bonds. The molecule has 1 heterocycles. The molecule has 0 bridgehead atoms. The van der Waals surface area contributed by atoms with Crippen LogP contribution in [-0.4, -0.2) is 35.8 Å². The minimum atomic E-state index is -0.0957. The van der Waals surface area contributed by atoms with E-state index in [0.717, 1.165) is 39.5 Å². The first kappa shape index (κ1) is 26.8. The molecule has 0 saturated heterocycles. The van der Waals surface area contributed by atoms with E-state index >= 15 is 0 Å². The van der Waals surface area contributed by atoms with Crippen LogP contribution in [0.1, 0.15) is 68.3 Å². The fraction of sp³-hybridized carbons (Fsp3) is 0.414. The van der Waals surface area contributed by atoms with Gasteiger partial charge >= 0.3 is 6.03 Å². The Morgan fingerprint density at radius 3 is 2.31 bits per heavy atom. The number of anilines is 1. The Hall–Kier alpha value is -2.76. The first-order chi connectivity index (χ1) is 16.8. The predicted molar refractivity (Wildman–Crippen MR) is 146 cm³/mol. The molecule has 0 aliphatic carbocycles. The van der Waals surface area contributed by atoms with Gasteiger partial charge in [-0.25, -0.2) is 4.79 Å². The number of para-hydroxylation sites is 1. The van der Waals surface area contributed by atoms with Crippen molar-refractivity contribution in [1.29, 1.82) is 0 Å². The normalized spacial score (nSPS) is 11.3. The van der Waals surface area contributed by atoms with Gasteiger partial charge in [0.05, 0.1) is 6.54 Å². The number of rotatable bonds is 11. The Kier molecular flexibility index (Phi) is 9.82. The lowest BCUT2D eigenvalue weighted by atomic mass is 9.93. The molecule has 1 N–H and O–H groups in total. The minimum Gasteiger partial charge on any atom is -0.385 e. The number of carbonyl (C=O) groups excluding carboxylic acids is 1. The molecule has 0 fully saturated rings. The van der Waals surface area contributed by atoms with Crippen LogP contribution < -0.4 is 5.32 Å². The Morgan fingerprint density at radius 2 is 1.69 bits per heavy atom. The monoisotopic (exact) mass is 495 g/mol. The molecule has 0 aliphatic rings. The summed E-state index contributed by atoms with van der Waals surface area (Å²) in [6, 6.07) is 18.1. The SMILES string of the molecule is COCCCN(Cc1cccn1Cc1ccccc1Cl)C(=O)Nc1c(C(C)C)cccc1C(C)C. The van der Waals surface area contributed by atoms with Crippen molar-refractivity contribution >= 4 is 23.3 Å². The fourth-order valence-corrected chi connectivity index (χ4v) is 4.48. The molecule has 0 spiro atoms. The second kappa shape index (κ2) is 12.8. The fourth-order valence-electron chi connectivity index (χ4n) is 4.29. The van der Waals surface area contributed by atoms with Gasteiger partial charge in [-0.1, -0.05) is 75.7 Å². The number of halogens is 1. The van der Waals surface area contributed by atoms with Crippen molar-refractivity contribution in [1.82, 2.24) is 9.47 Å². The second-order valence-electron chi connectivity index (χ2n) is 9.54. The second-order valence-corrected chi connectivity index (χ2v) is 9.94. The predicted octanol–water partition coefficient (Wildman–Crippen LogP) is 7.51. The molecule has 0 unspecified atom stereocenters. The molecule has 3 rings (SSSR count). The third-order valence-electron chi connectivity index (χ3n) is 6.24. The number of nitrogens with one attached hydrogen (secondary N) is 1. The summed E-state index contributed by atoms with van der Waals surface area (Å²) in [7, 11) is 1.69. The molecule has 6 heteroatoms. The Bertz CT molecular complexity index is 1080. The number of urea groups is 1. The van der Waals surface area contributed by atoms with Crippen molar-refractivity contribution < 1.29 is 9.53 Å². The molecular formula is C29H38ClN3O2. The van der Waals surface area contributed by atoms with Gasteiger partial charge in [-0.15, -0.1) is 0 Å². The van der Waals surface area contributed by atoms with Crippen molar-refractivity contribution in [2.75, 3.05) is 25.6 Å². The van der Waals surface area contributed by atoms with Crippen LogP contribution in [0.5, 0.6) is 0 Å². The summed E-state index contributed by atoms with van der Waals surface area (Å²) in [5.41, 5.74) is 5.35. The van der Waals surface area contributed by atoms with Gasteiger partial charge in [0.2, 0.25) is 0 Å². The highest BCUT2D eigenvalue weighted by atomic mass is 35.5. The lowest BCUT2D eigenvalue weighted by Crippen LogP contribution is -2.37. The first-order valence-corrected chi connectivity index (χ1v) is 12.7. The molecule has 35 heavy (non-hydrogen) atoms. The molecule has 188 valence electrons. The number of methoxy groups -OCH3 is 1. The van der Waals surface area contributed by atoms with E-state index in [0.29, 0.717) is 38.1 Å². The molecule has 2 aromatic carbocycles.